The molecule has 0 radical (unpaired) electrons. The van der Waals surface area contributed by atoms with Crippen molar-refractivity contribution in [1.82, 2.24) is 15.3 Å². The summed E-state index contributed by atoms with van der Waals surface area (Å²) in [4.78, 5) is 7.53. The zero-order valence-electron chi connectivity index (χ0n) is 12.2. The Hall–Kier alpha value is -1.35. The molecule has 0 amide bonds. The second-order valence-corrected chi connectivity index (χ2v) is 5.82. The number of fused-ring (bicyclic) bond motifs is 1. The number of pyridine rings is 1. The zero-order valence-corrected chi connectivity index (χ0v) is 12.2. The molecule has 0 aliphatic carbocycles. The van der Waals surface area contributed by atoms with Gasteiger partial charge in [0.2, 0.25) is 0 Å². The molecule has 2 rings (SSSR count). The summed E-state index contributed by atoms with van der Waals surface area (Å²) >= 11 is 0. The number of aromatic amines is 1. The van der Waals surface area contributed by atoms with E-state index in [4.69, 9.17) is 0 Å². The van der Waals surface area contributed by atoms with Crippen LogP contribution in [0.15, 0.2) is 24.5 Å². The Morgan fingerprint density at radius 2 is 2.11 bits per heavy atom. The number of rotatable bonds is 7. The summed E-state index contributed by atoms with van der Waals surface area (Å²) in [7, 11) is 0. The first kappa shape index (κ1) is 14.1. The zero-order chi connectivity index (χ0) is 13.7. The van der Waals surface area contributed by atoms with Crippen molar-refractivity contribution in [1.29, 1.82) is 0 Å². The van der Waals surface area contributed by atoms with Gasteiger partial charge >= 0.3 is 0 Å². The minimum absolute atomic E-state index is 0.570. The van der Waals surface area contributed by atoms with Crippen LogP contribution in [-0.4, -0.2) is 16.0 Å². The molecule has 0 fully saturated rings. The molecule has 2 aromatic rings. The van der Waals surface area contributed by atoms with Crippen LogP contribution in [0.3, 0.4) is 0 Å². The second kappa shape index (κ2) is 6.71. The smallest absolute Gasteiger partial charge is 0.137 e. The Balaban J connectivity index is 1.81. The predicted octanol–water partition coefficient (Wildman–Crippen LogP) is 3.87. The Morgan fingerprint density at radius 3 is 2.89 bits per heavy atom. The van der Waals surface area contributed by atoms with Gasteiger partial charge in [-0.15, -0.1) is 0 Å². The molecule has 1 unspecified atom stereocenters. The van der Waals surface area contributed by atoms with E-state index in [0.717, 1.165) is 18.1 Å². The fourth-order valence-corrected chi connectivity index (χ4v) is 2.38. The fourth-order valence-electron chi connectivity index (χ4n) is 2.38. The van der Waals surface area contributed by atoms with Crippen molar-refractivity contribution in [3.05, 3.63) is 30.1 Å². The molecule has 3 nitrogen and oxygen atoms in total. The van der Waals surface area contributed by atoms with E-state index in [2.05, 4.69) is 48.3 Å². The van der Waals surface area contributed by atoms with Crippen molar-refractivity contribution >= 4 is 11.0 Å². The maximum atomic E-state index is 4.31. The van der Waals surface area contributed by atoms with Crippen molar-refractivity contribution in [2.24, 2.45) is 5.92 Å². The molecule has 19 heavy (non-hydrogen) atoms. The molecule has 0 bridgehead atoms. The maximum absolute atomic E-state index is 4.31. The highest BCUT2D eigenvalue weighted by Gasteiger charge is 2.06. The average Bonchev–Trinajstić information content (AvgIpc) is 2.79. The first-order chi connectivity index (χ1) is 9.16. The minimum Gasteiger partial charge on any atom is -0.346 e. The standard InChI is InChI=1S/C16H25N3/c1-12(2)6-4-7-13(3)18-10-14-11-19-16-15(14)8-5-9-17-16/h5,8-9,11-13,18H,4,6-7,10H2,1-3H3,(H,17,19). The molecule has 0 saturated carbocycles. The summed E-state index contributed by atoms with van der Waals surface area (Å²) in [5, 5.41) is 4.83. The highest BCUT2D eigenvalue weighted by molar-refractivity contribution is 5.79. The second-order valence-electron chi connectivity index (χ2n) is 5.82. The fraction of sp³-hybridized carbons (Fsp3) is 0.562. The maximum Gasteiger partial charge on any atom is 0.137 e. The van der Waals surface area contributed by atoms with Crippen LogP contribution in [0, 0.1) is 5.92 Å². The van der Waals surface area contributed by atoms with Crippen LogP contribution in [0.5, 0.6) is 0 Å². The lowest BCUT2D eigenvalue weighted by molar-refractivity contribution is 0.457. The number of nitrogens with zero attached hydrogens (tertiary/aromatic N) is 1. The Bertz CT molecular complexity index is 501. The summed E-state index contributed by atoms with van der Waals surface area (Å²) in [5.74, 6) is 0.812. The molecular formula is C16H25N3. The first-order valence-corrected chi connectivity index (χ1v) is 7.31. The van der Waals surface area contributed by atoms with Crippen LogP contribution in [0.2, 0.25) is 0 Å². The highest BCUT2D eigenvalue weighted by atomic mass is 14.9. The van der Waals surface area contributed by atoms with E-state index in [1.54, 1.807) is 0 Å². The molecule has 1 atom stereocenters. The summed E-state index contributed by atoms with van der Waals surface area (Å²) in [6.07, 6.45) is 7.76. The highest BCUT2D eigenvalue weighted by Crippen LogP contribution is 2.16. The van der Waals surface area contributed by atoms with Crippen LogP contribution in [0.4, 0.5) is 0 Å². The molecule has 0 saturated heterocycles. The lowest BCUT2D eigenvalue weighted by atomic mass is 10.0. The van der Waals surface area contributed by atoms with E-state index >= 15 is 0 Å². The van der Waals surface area contributed by atoms with E-state index in [1.807, 2.05) is 12.3 Å². The van der Waals surface area contributed by atoms with Gasteiger partial charge in [-0.25, -0.2) is 4.98 Å². The summed E-state index contributed by atoms with van der Waals surface area (Å²) in [6, 6.07) is 4.69. The third-order valence-electron chi connectivity index (χ3n) is 3.60. The van der Waals surface area contributed by atoms with Crippen LogP contribution in [0.25, 0.3) is 11.0 Å². The number of H-pyrrole nitrogens is 1. The molecule has 0 aliphatic rings. The van der Waals surface area contributed by atoms with Gasteiger partial charge in [-0.3, -0.25) is 0 Å². The van der Waals surface area contributed by atoms with E-state index in [9.17, 15) is 0 Å². The molecule has 0 aliphatic heterocycles. The minimum atomic E-state index is 0.570. The van der Waals surface area contributed by atoms with Gasteiger partial charge in [-0.1, -0.05) is 26.7 Å². The van der Waals surface area contributed by atoms with Crippen LogP contribution < -0.4 is 5.32 Å². The quantitative estimate of drug-likeness (QED) is 0.792. The first-order valence-electron chi connectivity index (χ1n) is 7.31. The number of nitrogens with one attached hydrogen (secondary N) is 2. The van der Waals surface area contributed by atoms with Gasteiger partial charge < -0.3 is 10.3 Å². The normalized spacial score (nSPS) is 13.3. The van der Waals surface area contributed by atoms with Gasteiger partial charge in [0.1, 0.15) is 5.65 Å². The number of hydrogen-bond donors (Lipinski definition) is 2. The summed E-state index contributed by atoms with van der Waals surface area (Å²) < 4.78 is 0. The molecular weight excluding hydrogens is 234 g/mol. The summed E-state index contributed by atoms with van der Waals surface area (Å²) in [5.41, 5.74) is 2.28. The van der Waals surface area contributed by atoms with Crippen LogP contribution >= 0.6 is 0 Å². The lowest BCUT2D eigenvalue weighted by Gasteiger charge is -2.14. The molecule has 2 N–H and O–H groups in total. The topological polar surface area (TPSA) is 40.7 Å². The Kier molecular flexibility index (Phi) is 4.97. The molecule has 2 aromatic heterocycles. The predicted molar refractivity (Wildman–Crippen MR) is 81.1 cm³/mol. The summed E-state index contributed by atoms with van der Waals surface area (Å²) in [6.45, 7) is 7.76. The van der Waals surface area contributed by atoms with Crippen molar-refractivity contribution in [2.45, 2.75) is 52.6 Å². The molecule has 0 aromatic carbocycles. The monoisotopic (exact) mass is 259 g/mol. The average molecular weight is 259 g/mol. The molecule has 2 heterocycles. The third-order valence-corrected chi connectivity index (χ3v) is 3.60. The SMILES string of the molecule is CC(C)CCCC(C)NCc1c[nH]c2ncccc12. The van der Waals surface area contributed by atoms with Crippen molar-refractivity contribution < 1.29 is 0 Å². The van der Waals surface area contributed by atoms with Crippen molar-refractivity contribution in [3.8, 4) is 0 Å². The lowest BCUT2D eigenvalue weighted by Crippen LogP contribution is -2.25. The Morgan fingerprint density at radius 1 is 1.26 bits per heavy atom. The number of aromatic nitrogens is 2. The number of hydrogen-bond acceptors (Lipinski definition) is 2. The van der Waals surface area contributed by atoms with E-state index in [-0.39, 0.29) is 0 Å². The third kappa shape index (κ3) is 4.06. The van der Waals surface area contributed by atoms with Gasteiger partial charge in [0.15, 0.2) is 0 Å². The largest absolute Gasteiger partial charge is 0.346 e. The Labute approximate surface area is 115 Å². The van der Waals surface area contributed by atoms with Gasteiger partial charge in [0.25, 0.3) is 0 Å². The molecule has 3 heteroatoms. The molecule has 104 valence electrons. The van der Waals surface area contributed by atoms with Crippen molar-refractivity contribution in [3.63, 3.8) is 0 Å². The van der Waals surface area contributed by atoms with Crippen molar-refractivity contribution in [2.75, 3.05) is 0 Å². The molecule has 0 spiro atoms. The van der Waals surface area contributed by atoms with Crippen LogP contribution in [0.1, 0.15) is 45.6 Å². The van der Waals surface area contributed by atoms with E-state index in [1.165, 1.54) is 30.2 Å². The van der Waals surface area contributed by atoms with Gasteiger partial charge in [0, 0.05) is 30.4 Å². The van der Waals surface area contributed by atoms with Gasteiger partial charge in [0.05, 0.1) is 0 Å². The van der Waals surface area contributed by atoms with E-state index < -0.39 is 0 Å². The van der Waals surface area contributed by atoms with Gasteiger partial charge in [-0.05, 0) is 37.0 Å². The van der Waals surface area contributed by atoms with Crippen LogP contribution in [-0.2, 0) is 6.54 Å². The van der Waals surface area contributed by atoms with E-state index in [0.29, 0.717) is 6.04 Å². The van der Waals surface area contributed by atoms with Gasteiger partial charge in [-0.2, -0.15) is 0 Å².